The average molecular weight is 350 g/mol. The van der Waals surface area contributed by atoms with E-state index in [4.69, 9.17) is 0 Å². The van der Waals surface area contributed by atoms with Crippen molar-refractivity contribution in [2.45, 2.75) is 31.2 Å². The minimum Gasteiger partial charge on any atom is -0.354 e. The van der Waals surface area contributed by atoms with Gasteiger partial charge in [-0.25, -0.2) is 12.8 Å². The number of rotatable bonds is 6. The first kappa shape index (κ1) is 17.9. The molecule has 0 fully saturated rings. The number of hydrogen-bond acceptors (Lipinski definition) is 3. The van der Waals surface area contributed by atoms with Crippen LogP contribution in [0.1, 0.15) is 19.4 Å². The van der Waals surface area contributed by atoms with E-state index < -0.39 is 15.8 Å². The van der Waals surface area contributed by atoms with E-state index in [1.807, 2.05) is 13.8 Å². The van der Waals surface area contributed by atoms with Gasteiger partial charge in [-0.15, -0.1) is 0 Å². The van der Waals surface area contributed by atoms with Crippen molar-refractivity contribution in [3.05, 3.63) is 59.9 Å². The Morgan fingerprint density at radius 2 is 1.79 bits per heavy atom. The van der Waals surface area contributed by atoms with Gasteiger partial charge in [0.25, 0.3) is 10.0 Å². The highest BCUT2D eigenvalue weighted by molar-refractivity contribution is 7.92. The van der Waals surface area contributed by atoms with E-state index in [1.165, 1.54) is 18.2 Å². The van der Waals surface area contributed by atoms with E-state index in [0.717, 1.165) is 11.6 Å². The van der Waals surface area contributed by atoms with Crippen molar-refractivity contribution in [1.82, 2.24) is 5.32 Å². The third-order valence-electron chi connectivity index (χ3n) is 3.13. The Morgan fingerprint density at radius 3 is 2.38 bits per heavy atom. The molecule has 0 heterocycles. The Hall–Kier alpha value is -2.41. The molecule has 2 rings (SSSR count). The van der Waals surface area contributed by atoms with Gasteiger partial charge in [-0.1, -0.05) is 18.2 Å². The van der Waals surface area contributed by atoms with Crippen molar-refractivity contribution in [3.8, 4) is 0 Å². The predicted molar refractivity (Wildman–Crippen MR) is 90.6 cm³/mol. The number of hydrogen-bond donors (Lipinski definition) is 2. The number of halogens is 1. The zero-order valence-electron chi connectivity index (χ0n) is 13.4. The summed E-state index contributed by atoms with van der Waals surface area (Å²) in [7, 11) is -3.86. The van der Waals surface area contributed by atoms with Gasteiger partial charge in [-0.05, 0) is 49.7 Å². The minimum atomic E-state index is -3.86. The van der Waals surface area contributed by atoms with Crippen molar-refractivity contribution in [3.63, 3.8) is 0 Å². The lowest BCUT2D eigenvalue weighted by molar-refractivity contribution is -0.120. The highest BCUT2D eigenvalue weighted by Gasteiger charge is 2.15. The van der Waals surface area contributed by atoms with Crippen LogP contribution >= 0.6 is 0 Å². The minimum absolute atomic E-state index is 0.0647. The largest absolute Gasteiger partial charge is 0.354 e. The van der Waals surface area contributed by atoms with Gasteiger partial charge in [-0.3, -0.25) is 9.52 Å². The molecule has 0 saturated heterocycles. The molecule has 0 saturated carbocycles. The summed E-state index contributed by atoms with van der Waals surface area (Å²) < 4.78 is 39.9. The number of benzene rings is 2. The summed E-state index contributed by atoms with van der Waals surface area (Å²) in [6.07, 6.45) is 0.217. The van der Waals surface area contributed by atoms with Crippen LogP contribution in [-0.4, -0.2) is 20.4 Å². The van der Waals surface area contributed by atoms with Crippen LogP contribution in [0.2, 0.25) is 0 Å². The molecule has 0 radical (unpaired) electrons. The van der Waals surface area contributed by atoms with Gasteiger partial charge in [0, 0.05) is 11.7 Å². The highest BCUT2D eigenvalue weighted by Crippen LogP contribution is 2.17. The molecule has 0 aromatic heterocycles. The van der Waals surface area contributed by atoms with Crippen LogP contribution in [0.25, 0.3) is 0 Å². The molecule has 2 aromatic rings. The van der Waals surface area contributed by atoms with Crippen LogP contribution < -0.4 is 10.0 Å². The summed E-state index contributed by atoms with van der Waals surface area (Å²) in [5.74, 6) is -0.720. The summed E-state index contributed by atoms with van der Waals surface area (Å²) in [5, 5.41) is 2.78. The molecule has 24 heavy (non-hydrogen) atoms. The second-order valence-electron chi connectivity index (χ2n) is 5.66. The van der Waals surface area contributed by atoms with Crippen molar-refractivity contribution in [1.29, 1.82) is 0 Å². The molecule has 0 atom stereocenters. The lowest BCUT2D eigenvalue weighted by Crippen LogP contribution is -2.31. The SMILES string of the molecule is CC(C)NC(=O)Cc1ccc(NS(=O)(=O)c2cccc(F)c2)cc1. The molecule has 128 valence electrons. The molecule has 0 aliphatic carbocycles. The Labute approximate surface area is 141 Å². The van der Waals surface area contributed by atoms with Gasteiger partial charge in [0.15, 0.2) is 0 Å². The summed E-state index contributed by atoms with van der Waals surface area (Å²) in [6.45, 7) is 3.75. The number of sulfonamides is 1. The normalized spacial score (nSPS) is 11.3. The van der Waals surface area contributed by atoms with E-state index in [0.29, 0.717) is 5.69 Å². The molecule has 0 spiro atoms. The zero-order valence-corrected chi connectivity index (χ0v) is 14.2. The second kappa shape index (κ2) is 7.44. The fourth-order valence-electron chi connectivity index (χ4n) is 2.10. The summed E-state index contributed by atoms with van der Waals surface area (Å²) in [4.78, 5) is 11.5. The van der Waals surface area contributed by atoms with E-state index in [1.54, 1.807) is 24.3 Å². The number of nitrogens with one attached hydrogen (secondary N) is 2. The maximum Gasteiger partial charge on any atom is 0.261 e. The first-order valence-corrected chi connectivity index (χ1v) is 8.91. The molecule has 5 nitrogen and oxygen atoms in total. The van der Waals surface area contributed by atoms with E-state index in [-0.39, 0.29) is 23.3 Å². The molecule has 0 aliphatic heterocycles. The van der Waals surface area contributed by atoms with Crippen molar-refractivity contribution < 1.29 is 17.6 Å². The van der Waals surface area contributed by atoms with E-state index in [2.05, 4.69) is 10.0 Å². The molecule has 1 amide bonds. The van der Waals surface area contributed by atoms with Gasteiger partial charge < -0.3 is 5.32 Å². The predicted octanol–water partition coefficient (Wildman–Crippen LogP) is 2.69. The molecule has 0 bridgehead atoms. The Bertz CT molecular complexity index is 818. The van der Waals surface area contributed by atoms with Gasteiger partial charge in [0.05, 0.1) is 11.3 Å². The van der Waals surface area contributed by atoms with Crippen LogP contribution in [0.3, 0.4) is 0 Å². The van der Waals surface area contributed by atoms with Gasteiger partial charge in [0.2, 0.25) is 5.91 Å². The second-order valence-corrected chi connectivity index (χ2v) is 7.34. The van der Waals surface area contributed by atoms with E-state index >= 15 is 0 Å². The number of anilines is 1. The molecule has 2 aromatic carbocycles. The topological polar surface area (TPSA) is 75.3 Å². The van der Waals surface area contributed by atoms with E-state index in [9.17, 15) is 17.6 Å². The smallest absolute Gasteiger partial charge is 0.261 e. The lowest BCUT2D eigenvalue weighted by Gasteiger charge is -2.10. The first-order chi connectivity index (χ1) is 11.3. The number of amides is 1. The molecule has 2 N–H and O–H groups in total. The summed E-state index contributed by atoms with van der Waals surface area (Å²) >= 11 is 0. The molecular weight excluding hydrogens is 331 g/mol. The Morgan fingerprint density at radius 1 is 1.12 bits per heavy atom. The van der Waals surface area contributed by atoms with Gasteiger partial charge in [-0.2, -0.15) is 0 Å². The molecule has 0 unspecified atom stereocenters. The third kappa shape index (κ3) is 5.06. The van der Waals surface area contributed by atoms with Crippen LogP contribution in [0, 0.1) is 5.82 Å². The molecule has 7 heteroatoms. The highest BCUT2D eigenvalue weighted by atomic mass is 32.2. The first-order valence-electron chi connectivity index (χ1n) is 7.43. The molecular formula is C17H19FN2O3S. The average Bonchev–Trinajstić information content (AvgIpc) is 2.48. The number of carbonyl (C=O) groups is 1. The van der Waals surface area contributed by atoms with Crippen LogP contribution in [0.15, 0.2) is 53.4 Å². The Kier molecular flexibility index (Phi) is 5.56. The maximum absolute atomic E-state index is 13.2. The summed E-state index contributed by atoms with van der Waals surface area (Å²) in [6, 6.07) is 11.3. The van der Waals surface area contributed by atoms with Crippen molar-refractivity contribution in [2.75, 3.05) is 4.72 Å². The lowest BCUT2D eigenvalue weighted by atomic mass is 10.1. The monoisotopic (exact) mass is 350 g/mol. The summed E-state index contributed by atoms with van der Waals surface area (Å²) in [5.41, 5.74) is 1.11. The van der Waals surface area contributed by atoms with Crippen molar-refractivity contribution >= 4 is 21.6 Å². The van der Waals surface area contributed by atoms with Crippen molar-refractivity contribution in [2.24, 2.45) is 0 Å². The van der Waals surface area contributed by atoms with Crippen LogP contribution in [0.4, 0.5) is 10.1 Å². The fraction of sp³-hybridized carbons (Fsp3) is 0.235. The maximum atomic E-state index is 13.2. The fourth-order valence-corrected chi connectivity index (χ4v) is 3.19. The zero-order chi connectivity index (χ0) is 17.7. The van der Waals surface area contributed by atoms with Gasteiger partial charge in [0.1, 0.15) is 5.82 Å². The third-order valence-corrected chi connectivity index (χ3v) is 4.51. The van der Waals surface area contributed by atoms with Crippen LogP contribution in [-0.2, 0) is 21.2 Å². The van der Waals surface area contributed by atoms with Crippen LogP contribution in [0.5, 0.6) is 0 Å². The standard InChI is InChI=1S/C17H19FN2O3S/c1-12(2)19-17(21)10-13-6-8-15(9-7-13)20-24(22,23)16-5-3-4-14(18)11-16/h3-9,11-12,20H,10H2,1-2H3,(H,19,21). The Balaban J connectivity index is 2.07. The quantitative estimate of drug-likeness (QED) is 0.841. The number of carbonyl (C=O) groups excluding carboxylic acids is 1. The van der Waals surface area contributed by atoms with Gasteiger partial charge >= 0.3 is 0 Å². The molecule has 0 aliphatic rings.